The van der Waals surface area contributed by atoms with E-state index in [1.807, 2.05) is 71.2 Å². The quantitative estimate of drug-likeness (QED) is 0.421. The van der Waals surface area contributed by atoms with Crippen LogP contribution in [0, 0.1) is 5.92 Å². The number of hydrogen-bond acceptors (Lipinski definition) is 6. The highest BCUT2D eigenvalue weighted by atomic mass is 16.5. The van der Waals surface area contributed by atoms with Gasteiger partial charge in [0.25, 0.3) is 5.91 Å². The Morgan fingerprint density at radius 2 is 1.83 bits per heavy atom. The third kappa shape index (κ3) is 5.27. The van der Waals surface area contributed by atoms with Crippen LogP contribution in [0.1, 0.15) is 23.2 Å². The van der Waals surface area contributed by atoms with Gasteiger partial charge in [-0.15, -0.1) is 5.10 Å². The number of ether oxygens (including phenoxy) is 1. The summed E-state index contributed by atoms with van der Waals surface area (Å²) in [5.41, 5.74) is 4.10. The second-order valence-corrected chi connectivity index (χ2v) is 9.01. The molecular formula is C27H30N6O2. The number of nitrogens with zero attached hydrogens (tertiary/aromatic N) is 4. The number of nitrogens with one attached hydrogen (secondary N) is 2. The van der Waals surface area contributed by atoms with Gasteiger partial charge in [0.2, 0.25) is 5.95 Å². The number of methoxy groups -OCH3 is 1. The molecule has 1 aliphatic rings. The van der Waals surface area contributed by atoms with Gasteiger partial charge >= 0.3 is 0 Å². The number of benzene rings is 2. The van der Waals surface area contributed by atoms with E-state index in [0.717, 1.165) is 60.8 Å². The molecule has 0 atom stereocenters. The minimum atomic E-state index is -0.0377. The highest BCUT2D eigenvalue weighted by Gasteiger charge is 2.17. The second-order valence-electron chi connectivity index (χ2n) is 9.01. The van der Waals surface area contributed by atoms with Gasteiger partial charge in [0.15, 0.2) is 5.65 Å². The van der Waals surface area contributed by atoms with Crippen LogP contribution in [0.3, 0.4) is 0 Å². The van der Waals surface area contributed by atoms with Crippen molar-refractivity contribution in [3.05, 3.63) is 72.3 Å². The molecular weight excluding hydrogens is 440 g/mol. The summed E-state index contributed by atoms with van der Waals surface area (Å²) in [5.74, 6) is 1.79. The number of rotatable bonds is 7. The molecule has 8 nitrogen and oxygen atoms in total. The van der Waals surface area contributed by atoms with Crippen molar-refractivity contribution in [2.24, 2.45) is 5.92 Å². The Morgan fingerprint density at radius 3 is 2.60 bits per heavy atom. The van der Waals surface area contributed by atoms with Crippen molar-refractivity contribution >= 4 is 23.2 Å². The van der Waals surface area contributed by atoms with Crippen LogP contribution in [0.5, 0.6) is 5.75 Å². The number of carbonyl (C=O) groups is 1. The lowest BCUT2D eigenvalue weighted by atomic mass is 9.97. The minimum absolute atomic E-state index is 0.0377. The van der Waals surface area contributed by atoms with Crippen molar-refractivity contribution in [3.8, 4) is 17.0 Å². The Morgan fingerprint density at radius 1 is 1.06 bits per heavy atom. The van der Waals surface area contributed by atoms with E-state index in [4.69, 9.17) is 4.74 Å². The molecule has 0 unspecified atom stereocenters. The molecule has 0 saturated carbocycles. The van der Waals surface area contributed by atoms with Crippen molar-refractivity contribution < 1.29 is 9.53 Å². The molecule has 1 fully saturated rings. The third-order valence-corrected chi connectivity index (χ3v) is 6.52. The van der Waals surface area contributed by atoms with Crippen LogP contribution < -0.4 is 15.4 Å². The Kier molecular flexibility index (Phi) is 6.63. The molecule has 2 aromatic heterocycles. The first kappa shape index (κ1) is 22.9. The molecule has 2 N–H and O–H groups in total. The third-order valence-electron chi connectivity index (χ3n) is 6.52. The normalized spacial score (nSPS) is 14.7. The van der Waals surface area contributed by atoms with Gasteiger partial charge < -0.3 is 20.3 Å². The average molecular weight is 471 g/mol. The summed E-state index contributed by atoms with van der Waals surface area (Å²) in [4.78, 5) is 19.5. The SMILES string of the molecule is COc1cccc(-c2cccc3nc(Nc4ccc(C(=O)NCC5CCN(C)CC5)cc4)nn23)c1. The molecule has 0 bridgehead atoms. The average Bonchev–Trinajstić information content (AvgIpc) is 3.31. The second kappa shape index (κ2) is 10.1. The van der Waals surface area contributed by atoms with E-state index >= 15 is 0 Å². The fraction of sp³-hybridized carbons (Fsp3) is 0.296. The maximum absolute atomic E-state index is 12.6. The number of carbonyl (C=O) groups excluding carboxylic acids is 1. The number of piperidine rings is 1. The molecule has 1 saturated heterocycles. The van der Waals surface area contributed by atoms with Crippen molar-refractivity contribution in [1.82, 2.24) is 24.8 Å². The lowest BCUT2D eigenvalue weighted by molar-refractivity contribution is 0.0939. The van der Waals surface area contributed by atoms with Crippen LogP contribution in [0.25, 0.3) is 16.9 Å². The molecule has 2 aromatic carbocycles. The summed E-state index contributed by atoms with van der Waals surface area (Å²) < 4.78 is 7.17. The number of likely N-dealkylation sites (tertiary alicyclic amines) is 1. The Labute approximate surface area is 204 Å². The van der Waals surface area contributed by atoms with E-state index in [2.05, 4.69) is 32.7 Å². The maximum atomic E-state index is 12.6. The van der Waals surface area contributed by atoms with Gasteiger partial charge in [0.1, 0.15) is 5.75 Å². The smallest absolute Gasteiger partial charge is 0.251 e. The first-order valence-corrected chi connectivity index (χ1v) is 11.9. The number of amides is 1. The van der Waals surface area contributed by atoms with Crippen LogP contribution in [-0.4, -0.2) is 59.2 Å². The predicted octanol–water partition coefficient (Wildman–Crippen LogP) is 4.22. The van der Waals surface area contributed by atoms with Gasteiger partial charge in [-0.25, -0.2) is 4.52 Å². The number of fused-ring (bicyclic) bond motifs is 1. The first-order valence-electron chi connectivity index (χ1n) is 11.9. The van der Waals surface area contributed by atoms with Crippen LogP contribution in [-0.2, 0) is 0 Å². The fourth-order valence-corrected chi connectivity index (χ4v) is 4.40. The zero-order valence-corrected chi connectivity index (χ0v) is 20.1. The van der Waals surface area contributed by atoms with Gasteiger partial charge in [0, 0.05) is 23.4 Å². The summed E-state index contributed by atoms with van der Waals surface area (Å²) in [5, 5.41) is 11.0. The van der Waals surface area contributed by atoms with Gasteiger partial charge in [-0.2, -0.15) is 4.98 Å². The van der Waals surface area contributed by atoms with Crippen LogP contribution >= 0.6 is 0 Å². The van der Waals surface area contributed by atoms with E-state index < -0.39 is 0 Å². The maximum Gasteiger partial charge on any atom is 0.251 e. The first-order chi connectivity index (χ1) is 17.1. The number of anilines is 2. The largest absolute Gasteiger partial charge is 0.497 e. The molecule has 8 heteroatoms. The predicted molar refractivity (Wildman–Crippen MR) is 137 cm³/mol. The van der Waals surface area contributed by atoms with Crippen LogP contribution in [0.2, 0.25) is 0 Å². The molecule has 5 rings (SSSR count). The summed E-state index contributed by atoms with van der Waals surface area (Å²) >= 11 is 0. The summed E-state index contributed by atoms with van der Waals surface area (Å²) in [6, 6.07) is 21.1. The molecule has 4 aromatic rings. The van der Waals surface area contributed by atoms with Crippen molar-refractivity contribution in [2.75, 3.05) is 39.1 Å². The van der Waals surface area contributed by atoms with Crippen molar-refractivity contribution in [1.29, 1.82) is 0 Å². The van der Waals surface area contributed by atoms with Crippen molar-refractivity contribution in [2.45, 2.75) is 12.8 Å². The lowest BCUT2D eigenvalue weighted by Gasteiger charge is -2.28. The Bertz CT molecular complexity index is 1310. The zero-order chi connectivity index (χ0) is 24.2. The van der Waals surface area contributed by atoms with E-state index in [-0.39, 0.29) is 5.91 Å². The standard InChI is InChI=1S/C27H30N6O2/c1-32-15-13-19(14-16-32)18-28-26(34)20-9-11-22(12-10-20)29-27-30-25-8-4-7-24(33(25)31-27)21-5-3-6-23(17-21)35-2/h3-12,17,19H,13-16,18H2,1-2H3,(H,28,34)(H,29,31). The van der Waals surface area contributed by atoms with Gasteiger partial charge in [-0.3, -0.25) is 4.79 Å². The fourth-order valence-electron chi connectivity index (χ4n) is 4.40. The van der Waals surface area contributed by atoms with E-state index in [9.17, 15) is 4.79 Å². The molecule has 1 aliphatic heterocycles. The van der Waals surface area contributed by atoms with E-state index in [0.29, 0.717) is 17.4 Å². The van der Waals surface area contributed by atoms with E-state index in [1.165, 1.54) is 0 Å². The van der Waals surface area contributed by atoms with Gasteiger partial charge in [-0.05, 0) is 87.4 Å². The Hall–Kier alpha value is -3.91. The molecule has 0 spiro atoms. The summed E-state index contributed by atoms with van der Waals surface area (Å²) in [7, 11) is 3.80. The molecule has 1 amide bonds. The Balaban J connectivity index is 1.26. The number of hydrogen-bond donors (Lipinski definition) is 2. The molecule has 0 radical (unpaired) electrons. The highest BCUT2D eigenvalue weighted by Crippen LogP contribution is 2.25. The topological polar surface area (TPSA) is 83.8 Å². The minimum Gasteiger partial charge on any atom is -0.497 e. The summed E-state index contributed by atoms with van der Waals surface area (Å²) in [6.45, 7) is 2.92. The highest BCUT2D eigenvalue weighted by molar-refractivity contribution is 5.94. The van der Waals surface area contributed by atoms with Crippen molar-refractivity contribution in [3.63, 3.8) is 0 Å². The van der Waals surface area contributed by atoms with Crippen LogP contribution in [0.15, 0.2) is 66.7 Å². The molecule has 35 heavy (non-hydrogen) atoms. The number of aromatic nitrogens is 3. The molecule has 3 heterocycles. The number of pyridine rings is 1. The van der Waals surface area contributed by atoms with Crippen LogP contribution in [0.4, 0.5) is 11.6 Å². The zero-order valence-electron chi connectivity index (χ0n) is 20.1. The van der Waals surface area contributed by atoms with Gasteiger partial charge in [-0.1, -0.05) is 18.2 Å². The van der Waals surface area contributed by atoms with Gasteiger partial charge in [0.05, 0.1) is 12.8 Å². The summed E-state index contributed by atoms with van der Waals surface area (Å²) in [6.07, 6.45) is 2.26. The van der Waals surface area contributed by atoms with E-state index in [1.54, 1.807) is 7.11 Å². The molecule has 180 valence electrons. The monoisotopic (exact) mass is 470 g/mol. The lowest BCUT2D eigenvalue weighted by Crippen LogP contribution is -2.36. The molecule has 0 aliphatic carbocycles.